The molecule has 0 bridgehead atoms. The van der Waals surface area contributed by atoms with E-state index in [1.807, 2.05) is 55.8 Å². The van der Waals surface area contributed by atoms with E-state index in [4.69, 9.17) is 0 Å². The second-order valence-electron chi connectivity index (χ2n) is 4.76. The van der Waals surface area contributed by atoms with Gasteiger partial charge in [-0.1, -0.05) is 18.2 Å². The maximum absolute atomic E-state index is 10.2. The van der Waals surface area contributed by atoms with Crippen molar-refractivity contribution < 1.29 is 5.11 Å². The highest BCUT2D eigenvalue weighted by atomic mass is 16.3. The van der Waals surface area contributed by atoms with Crippen molar-refractivity contribution in [1.82, 2.24) is 19.6 Å². The molecule has 0 fully saturated rings. The number of benzene rings is 1. The number of aromatic nitrogens is 4. The van der Waals surface area contributed by atoms with Crippen LogP contribution >= 0.6 is 0 Å². The Morgan fingerprint density at radius 1 is 1.20 bits per heavy atom. The highest BCUT2D eigenvalue weighted by Crippen LogP contribution is 2.17. The smallest absolute Gasteiger partial charge is 0.102 e. The van der Waals surface area contributed by atoms with Crippen molar-refractivity contribution in [3.63, 3.8) is 0 Å². The molecule has 3 aromatic rings. The van der Waals surface area contributed by atoms with Crippen molar-refractivity contribution in [1.29, 1.82) is 0 Å². The minimum absolute atomic E-state index is 0.514. The number of nitrogens with zero attached hydrogens (tertiary/aromatic N) is 4. The Hall–Kier alpha value is -2.40. The highest BCUT2D eigenvalue weighted by molar-refractivity contribution is 5.30. The van der Waals surface area contributed by atoms with Gasteiger partial charge in [0.15, 0.2) is 0 Å². The van der Waals surface area contributed by atoms with Crippen molar-refractivity contribution in [2.75, 3.05) is 0 Å². The topological polar surface area (TPSA) is 55.9 Å². The van der Waals surface area contributed by atoms with E-state index in [1.165, 1.54) is 0 Å². The zero-order valence-electron chi connectivity index (χ0n) is 11.2. The first-order chi connectivity index (χ1) is 9.72. The van der Waals surface area contributed by atoms with Crippen LogP contribution in [0.1, 0.15) is 17.4 Å². The molecular formula is C15H16N4O. The SMILES string of the molecule is Cn1cc(CC(O)c2ccn(-c3ccccc3)n2)cn1. The van der Waals surface area contributed by atoms with Crippen LogP contribution < -0.4 is 0 Å². The van der Waals surface area contributed by atoms with Crippen molar-refractivity contribution in [2.45, 2.75) is 12.5 Å². The second kappa shape index (κ2) is 5.30. The Balaban J connectivity index is 1.76. The Bertz CT molecular complexity index is 687. The van der Waals surface area contributed by atoms with E-state index >= 15 is 0 Å². The number of para-hydroxylation sites is 1. The van der Waals surface area contributed by atoms with Gasteiger partial charge in [0.2, 0.25) is 0 Å². The molecule has 102 valence electrons. The second-order valence-corrected chi connectivity index (χ2v) is 4.76. The first kappa shape index (κ1) is 12.6. The van der Waals surface area contributed by atoms with Gasteiger partial charge in [0, 0.05) is 25.9 Å². The lowest BCUT2D eigenvalue weighted by molar-refractivity contribution is 0.173. The molecule has 0 radical (unpaired) electrons. The summed E-state index contributed by atoms with van der Waals surface area (Å²) in [4.78, 5) is 0. The van der Waals surface area contributed by atoms with Crippen molar-refractivity contribution in [3.8, 4) is 5.69 Å². The van der Waals surface area contributed by atoms with Crippen LogP contribution in [0.3, 0.4) is 0 Å². The summed E-state index contributed by atoms with van der Waals surface area (Å²) in [5.41, 5.74) is 2.64. The van der Waals surface area contributed by atoms with Gasteiger partial charge in [-0.3, -0.25) is 4.68 Å². The number of aryl methyl sites for hydroxylation is 1. The molecular weight excluding hydrogens is 252 g/mol. The third-order valence-electron chi connectivity index (χ3n) is 3.16. The van der Waals surface area contributed by atoms with Crippen LogP contribution in [-0.4, -0.2) is 24.7 Å². The first-order valence-corrected chi connectivity index (χ1v) is 6.49. The Labute approximate surface area is 117 Å². The summed E-state index contributed by atoms with van der Waals surface area (Å²) in [5.74, 6) is 0. The van der Waals surface area contributed by atoms with Gasteiger partial charge in [-0.05, 0) is 23.8 Å². The van der Waals surface area contributed by atoms with Crippen LogP contribution in [0.15, 0.2) is 55.0 Å². The molecule has 3 rings (SSSR count). The van der Waals surface area contributed by atoms with Crippen LogP contribution in [0.25, 0.3) is 5.69 Å². The minimum Gasteiger partial charge on any atom is -0.386 e. The van der Waals surface area contributed by atoms with Crippen molar-refractivity contribution in [3.05, 3.63) is 66.2 Å². The van der Waals surface area contributed by atoms with Gasteiger partial charge in [0.1, 0.15) is 6.10 Å². The Morgan fingerprint density at radius 2 is 2.00 bits per heavy atom. The molecule has 0 spiro atoms. The van der Waals surface area contributed by atoms with Crippen LogP contribution in [0.5, 0.6) is 0 Å². The molecule has 5 heteroatoms. The fraction of sp³-hybridized carbons (Fsp3) is 0.200. The summed E-state index contributed by atoms with van der Waals surface area (Å²) in [5, 5.41) is 18.7. The molecule has 0 aliphatic carbocycles. The summed E-state index contributed by atoms with van der Waals surface area (Å²) in [6.45, 7) is 0. The third kappa shape index (κ3) is 2.62. The summed E-state index contributed by atoms with van der Waals surface area (Å²) < 4.78 is 3.49. The van der Waals surface area contributed by atoms with E-state index < -0.39 is 6.10 Å². The van der Waals surface area contributed by atoms with E-state index in [2.05, 4.69) is 10.2 Å². The maximum Gasteiger partial charge on any atom is 0.102 e. The Morgan fingerprint density at radius 3 is 2.70 bits per heavy atom. The van der Waals surface area contributed by atoms with E-state index in [0.29, 0.717) is 12.1 Å². The van der Waals surface area contributed by atoms with Gasteiger partial charge in [-0.25, -0.2) is 4.68 Å². The largest absolute Gasteiger partial charge is 0.386 e. The summed E-state index contributed by atoms with van der Waals surface area (Å²) in [6.07, 6.45) is 5.41. The van der Waals surface area contributed by atoms with Gasteiger partial charge in [0.25, 0.3) is 0 Å². The molecule has 1 aromatic carbocycles. The molecule has 20 heavy (non-hydrogen) atoms. The highest BCUT2D eigenvalue weighted by Gasteiger charge is 2.13. The number of aliphatic hydroxyl groups is 1. The lowest BCUT2D eigenvalue weighted by Gasteiger charge is -2.06. The average Bonchev–Trinajstić information content (AvgIpc) is 3.09. The zero-order chi connectivity index (χ0) is 13.9. The standard InChI is InChI=1S/C15H16N4O/c1-18-11-12(10-16-18)9-15(20)14-7-8-19(17-14)13-5-3-2-4-6-13/h2-8,10-11,15,20H,9H2,1H3. The molecule has 0 aliphatic heterocycles. The quantitative estimate of drug-likeness (QED) is 0.786. The first-order valence-electron chi connectivity index (χ1n) is 6.49. The minimum atomic E-state index is -0.621. The molecule has 0 amide bonds. The number of aliphatic hydroxyl groups excluding tert-OH is 1. The fourth-order valence-corrected chi connectivity index (χ4v) is 2.15. The molecule has 0 saturated heterocycles. The van der Waals surface area contributed by atoms with E-state index in [1.54, 1.807) is 15.6 Å². The van der Waals surface area contributed by atoms with Crippen LogP contribution in [0.4, 0.5) is 0 Å². The lowest BCUT2D eigenvalue weighted by Crippen LogP contribution is -2.04. The van der Waals surface area contributed by atoms with Crippen LogP contribution in [0.2, 0.25) is 0 Å². The van der Waals surface area contributed by atoms with Gasteiger partial charge in [-0.15, -0.1) is 0 Å². The zero-order valence-corrected chi connectivity index (χ0v) is 11.2. The normalized spacial score (nSPS) is 12.5. The average molecular weight is 268 g/mol. The fourth-order valence-electron chi connectivity index (χ4n) is 2.15. The summed E-state index contributed by atoms with van der Waals surface area (Å²) >= 11 is 0. The van der Waals surface area contributed by atoms with Crippen LogP contribution in [0, 0.1) is 0 Å². The lowest BCUT2D eigenvalue weighted by atomic mass is 10.1. The van der Waals surface area contributed by atoms with Gasteiger partial charge < -0.3 is 5.11 Å². The molecule has 0 saturated carbocycles. The van der Waals surface area contributed by atoms with E-state index in [9.17, 15) is 5.11 Å². The summed E-state index contributed by atoms with van der Waals surface area (Å²) in [6, 6.07) is 11.7. The Kier molecular flexibility index (Phi) is 3.35. The van der Waals surface area contributed by atoms with E-state index in [-0.39, 0.29) is 0 Å². The molecule has 1 unspecified atom stereocenters. The monoisotopic (exact) mass is 268 g/mol. The van der Waals surface area contributed by atoms with Gasteiger partial charge in [-0.2, -0.15) is 10.2 Å². The van der Waals surface area contributed by atoms with Crippen molar-refractivity contribution >= 4 is 0 Å². The summed E-state index contributed by atoms with van der Waals surface area (Å²) in [7, 11) is 1.86. The maximum atomic E-state index is 10.2. The number of hydrogen-bond acceptors (Lipinski definition) is 3. The molecule has 0 aliphatic rings. The molecule has 2 heterocycles. The predicted octanol–water partition coefficient (Wildman–Crippen LogP) is 1.88. The van der Waals surface area contributed by atoms with E-state index in [0.717, 1.165) is 11.3 Å². The molecule has 1 atom stereocenters. The number of rotatable bonds is 4. The molecule has 1 N–H and O–H groups in total. The molecule has 2 aromatic heterocycles. The van der Waals surface area contributed by atoms with Gasteiger partial charge >= 0.3 is 0 Å². The van der Waals surface area contributed by atoms with Crippen molar-refractivity contribution in [2.24, 2.45) is 7.05 Å². The number of hydrogen-bond donors (Lipinski definition) is 1. The molecule has 5 nitrogen and oxygen atoms in total. The predicted molar refractivity (Wildman–Crippen MR) is 75.4 cm³/mol. The van der Waals surface area contributed by atoms with Gasteiger partial charge in [0.05, 0.1) is 17.6 Å². The van der Waals surface area contributed by atoms with Crippen LogP contribution in [-0.2, 0) is 13.5 Å². The third-order valence-corrected chi connectivity index (χ3v) is 3.16.